The zero-order chi connectivity index (χ0) is 36.6. The van der Waals surface area contributed by atoms with Crippen molar-refractivity contribution in [2.45, 2.75) is 38.5 Å². The van der Waals surface area contributed by atoms with Gasteiger partial charge in [0, 0.05) is 22.1 Å². The molecule has 1 heterocycles. The van der Waals surface area contributed by atoms with Crippen LogP contribution in [-0.4, -0.2) is 15.0 Å². The van der Waals surface area contributed by atoms with Crippen molar-refractivity contribution in [3.63, 3.8) is 0 Å². The molecule has 1 aliphatic carbocycles. The Balaban J connectivity index is 1.20. The molecule has 0 atom stereocenters. The predicted octanol–water partition coefficient (Wildman–Crippen LogP) is 13.2. The van der Waals surface area contributed by atoms with E-state index in [4.69, 9.17) is 15.0 Å². The van der Waals surface area contributed by atoms with E-state index in [0.29, 0.717) is 17.5 Å². The van der Waals surface area contributed by atoms with Crippen molar-refractivity contribution in [2.75, 3.05) is 0 Å². The van der Waals surface area contributed by atoms with Crippen LogP contribution >= 0.6 is 0 Å². The first-order valence-corrected chi connectivity index (χ1v) is 18.8. The van der Waals surface area contributed by atoms with Gasteiger partial charge in [-0.3, -0.25) is 0 Å². The van der Waals surface area contributed by atoms with Gasteiger partial charge in [0.1, 0.15) is 0 Å². The van der Waals surface area contributed by atoms with Crippen molar-refractivity contribution in [1.29, 1.82) is 0 Å². The lowest BCUT2D eigenvalue weighted by molar-refractivity contribution is 0.301. The largest absolute Gasteiger partial charge is 0.208 e. The van der Waals surface area contributed by atoms with Gasteiger partial charge in [-0.15, -0.1) is 0 Å². The van der Waals surface area contributed by atoms with Crippen LogP contribution in [0.5, 0.6) is 0 Å². The molecule has 3 heteroatoms. The summed E-state index contributed by atoms with van der Waals surface area (Å²) >= 11 is 0. The summed E-state index contributed by atoms with van der Waals surface area (Å²) in [7, 11) is 0. The van der Waals surface area contributed by atoms with Gasteiger partial charge in [-0.1, -0.05) is 185 Å². The van der Waals surface area contributed by atoms with Gasteiger partial charge in [-0.2, -0.15) is 0 Å². The molecule has 10 rings (SSSR count). The van der Waals surface area contributed by atoms with E-state index in [0.717, 1.165) is 22.3 Å². The zero-order valence-corrected chi connectivity index (χ0v) is 30.9. The van der Waals surface area contributed by atoms with E-state index in [-0.39, 0.29) is 10.8 Å². The third-order valence-corrected chi connectivity index (χ3v) is 12.2. The monoisotopic (exact) mass is 693 g/mol. The number of rotatable bonds is 4. The maximum Gasteiger partial charge on any atom is 0.164 e. The quantitative estimate of drug-likeness (QED) is 0.172. The van der Waals surface area contributed by atoms with Gasteiger partial charge >= 0.3 is 0 Å². The molecule has 0 bridgehead atoms. The van der Waals surface area contributed by atoms with Gasteiger partial charge in [-0.25, -0.2) is 15.0 Å². The number of aromatic nitrogens is 3. The number of nitrogens with zero attached hydrogens (tertiary/aromatic N) is 3. The maximum atomic E-state index is 5.06. The zero-order valence-electron chi connectivity index (χ0n) is 30.9. The average molecular weight is 694 g/mol. The first-order chi connectivity index (χ1) is 26.3. The SMILES string of the molecule is CC1(C)c2cccc(-c3cccc(-c4nc(-c5ccccc5)nc(-c5ccccc5)n4)c3)c2-c2ccc3ccc4c5ccccc5ccc4c3c2C1(C)C. The summed E-state index contributed by atoms with van der Waals surface area (Å²) in [5, 5.41) is 7.82. The fraction of sp³-hybridized carbons (Fsp3) is 0.118. The molecule has 9 aromatic rings. The van der Waals surface area contributed by atoms with E-state index >= 15 is 0 Å². The first-order valence-electron chi connectivity index (χ1n) is 18.8. The third-order valence-electron chi connectivity index (χ3n) is 12.2. The van der Waals surface area contributed by atoms with Crippen LogP contribution in [0.25, 0.3) is 88.7 Å². The first kappa shape index (κ1) is 32.2. The molecule has 0 unspecified atom stereocenters. The maximum absolute atomic E-state index is 5.06. The number of fused-ring (bicyclic) bond motifs is 9. The average Bonchev–Trinajstić information content (AvgIpc) is 3.22. The van der Waals surface area contributed by atoms with Crippen molar-refractivity contribution in [2.24, 2.45) is 0 Å². The molecule has 0 N–H and O–H groups in total. The number of benzene rings is 8. The Kier molecular flexibility index (Phi) is 7.19. The molecule has 0 spiro atoms. The third kappa shape index (κ3) is 4.85. The molecule has 1 aromatic heterocycles. The minimum Gasteiger partial charge on any atom is -0.208 e. The van der Waals surface area contributed by atoms with Crippen molar-refractivity contribution >= 4 is 32.3 Å². The summed E-state index contributed by atoms with van der Waals surface area (Å²) in [4.78, 5) is 15.1. The Morgan fingerprint density at radius 3 is 1.65 bits per heavy atom. The minimum atomic E-state index is -0.167. The van der Waals surface area contributed by atoms with Crippen LogP contribution in [0.4, 0.5) is 0 Å². The van der Waals surface area contributed by atoms with Gasteiger partial charge in [0.25, 0.3) is 0 Å². The molecule has 1 aliphatic rings. The molecular formula is C51H39N3. The highest BCUT2D eigenvalue weighted by atomic mass is 15.0. The summed E-state index contributed by atoms with van der Waals surface area (Å²) < 4.78 is 0. The van der Waals surface area contributed by atoms with Crippen LogP contribution in [0.1, 0.15) is 38.8 Å². The van der Waals surface area contributed by atoms with E-state index in [1.165, 1.54) is 60.1 Å². The smallest absolute Gasteiger partial charge is 0.164 e. The summed E-state index contributed by atoms with van der Waals surface area (Å²) in [6.07, 6.45) is 0. The van der Waals surface area contributed by atoms with E-state index < -0.39 is 0 Å². The van der Waals surface area contributed by atoms with Crippen LogP contribution in [0, 0.1) is 0 Å². The van der Waals surface area contributed by atoms with Crippen molar-refractivity contribution in [1.82, 2.24) is 15.0 Å². The lowest BCUT2D eigenvalue weighted by atomic mass is 9.54. The Labute approximate surface area is 316 Å². The van der Waals surface area contributed by atoms with E-state index in [9.17, 15) is 0 Å². The molecule has 54 heavy (non-hydrogen) atoms. The minimum absolute atomic E-state index is 0.165. The van der Waals surface area contributed by atoms with Crippen LogP contribution in [0.15, 0.2) is 164 Å². The predicted molar refractivity (Wildman–Crippen MR) is 226 cm³/mol. The van der Waals surface area contributed by atoms with Crippen molar-refractivity contribution in [3.8, 4) is 56.4 Å². The normalized spacial score (nSPS) is 14.2. The highest BCUT2D eigenvalue weighted by molar-refractivity contribution is 6.19. The molecule has 258 valence electrons. The van der Waals surface area contributed by atoms with Gasteiger partial charge in [-0.05, 0) is 77.2 Å². The summed E-state index contributed by atoms with van der Waals surface area (Å²) in [6.45, 7) is 9.73. The molecular weight excluding hydrogens is 655 g/mol. The van der Waals surface area contributed by atoms with Crippen LogP contribution in [-0.2, 0) is 10.8 Å². The summed E-state index contributed by atoms with van der Waals surface area (Å²) in [6, 6.07) is 58.6. The Bertz CT molecular complexity index is 2870. The van der Waals surface area contributed by atoms with Crippen LogP contribution < -0.4 is 0 Å². The topological polar surface area (TPSA) is 38.7 Å². The second-order valence-electron chi connectivity index (χ2n) is 15.6. The molecule has 0 saturated carbocycles. The Hall–Kier alpha value is -6.45. The molecule has 0 saturated heterocycles. The van der Waals surface area contributed by atoms with Gasteiger partial charge in [0.15, 0.2) is 17.5 Å². The standard InChI is InChI=1S/C51H39N3/c1-50(2)43-24-14-23-39(36-20-13-21-37(31-36)49-53-47(34-16-7-5-8-17-34)52-48(54-49)35-18-9-6-10-19-35)45(43)42-30-27-33-26-28-40-38-22-12-11-15-32(38)25-29-41(40)44(33)46(42)51(50,3)4/h5-31H,1-4H3. The van der Waals surface area contributed by atoms with E-state index in [1.54, 1.807) is 0 Å². The van der Waals surface area contributed by atoms with Crippen molar-refractivity contribution < 1.29 is 0 Å². The molecule has 8 aromatic carbocycles. The fourth-order valence-electron chi connectivity index (χ4n) is 8.79. The second kappa shape index (κ2) is 12.0. The van der Waals surface area contributed by atoms with Gasteiger partial charge in [0.05, 0.1) is 0 Å². The van der Waals surface area contributed by atoms with Gasteiger partial charge in [0.2, 0.25) is 0 Å². The molecule has 3 nitrogen and oxygen atoms in total. The Morgan fingerprint density at radius 2 is 0.926 bits per heavy atom. The van der Waals surface area contributed by atoms with E-state index in [1.807, 2.05) is 36.4 Å². The van der Waals surface area contributed by atoms with E-state index in [2.05, 4.69) is 155 Å². The molecule has 0 fully saturated rings. The highest BCUT2D eigenvalue weighted by Gasteiger charge is 2.47. The molecule has 0 radical (unpaired) electrons. The molecule has 0 aliphatic heterocycles. The fourth-order valence-corrected chi connectivity index (χ4v) is 8.79. The summed E-state index contributed by atoms with van der Waals surface area (Å²) in [5.74, 6) is 1.97. The highest BCUT2D eigenvalue weighted by Crippen LogP contribution is 2.58. The van der Waals surface area contributed by atoms with Crippen LogP contribution in [0.2, 0.25) is 0 Å². The van der Waals surface area contributed by atoms with Gasteiger partial charge < -0.3 is 0 Å². The number of hydrogen-bond donors (Lipinski definition) is 0. The molecule has 0 amide bonds. The number of hydrogen-bond acceptors (Lipinski definition) is 3. The van der Waals surface area contributed by atoms with Crippen molar-refractivity contribution in [3.05, 3.63) is 175 Å². The summed E-state index contributed by atoms with van der Waals surface area (Å²) in [5.41, 5.74) is 10.3. The lowest BCUT2D eigenvalue weighted by Gasteiger charge is -2.49. The Morgan fingerprint density at radius 1 is 0.370 bits per heavy atom. The lowest BCUT2D eigenvalue weighted by Crippen LogP contribution is -2.43. The second-order valence-corrected chi connectivity index (χ2v) is 15.6. The van der Waals surface area contributed by atoms with Crippen LogP contribution in [0.3, 0.4) is 0 Å².